The summed E-state index contributed by atoms with van der Waals surface area (Å²) in [5.74, 6) is -0.00211. The second-order valence-corrected chi connectivity index (χ2v) is 8.37. The molecule has 2 aliphatic rings. The smallest absolute Gasteiger partial charge is 0.357 e. The number of esters is 1. The average molecular weight is 424 g/mol. The number of nitrogens with one attached hydrogen (secondary N) is 1. The van der Waals surface area contributed by atoms with Gasteiger partial charge in [0.05, 0.1) is 31.2 Å². The molecule has 2 aliphatic heterocycles. The van der Waals surface area contributed by atoms with E-state index in [2.05, 4.69) is 10.2 Å². The summed E-state index contributed by atoms with van der Waals surface area (Å²) in [7, 11) is 2.88. The zero-order valence-corrected chi connectivity index (χ0v) is 18.1. The number of piperidine rings is 2. The lowest BCUT2D eigenvalue weighted by Crippen LogP contribution is -2.45. The molecule has 164 valence electrons. The fourth-order valence-electron chi connectivity index (χ4n) is 4.86. The van der Waals surface area contributed by atoms with Crippen molar-refractivity contribution in [2.75, 3.05) is 51.0 Å². The summed E-state index contributed by atoms with van der Waals surface area (Å²) in [6, 6.07) is 7.94. The maximum Gasteiger partial charge on any atom is 0.357 e. The molecule has 0 unspecified atom stereocenters. The van der Waals surface area contributed by atoms with Crippen molar-refractivity contribution in [2.24, 2.45) is 5.41 Å². The molecule has 0 bridgehead atoms. The molecule has 2 fully saturated rings. The number of hydrogen-bond donors (Lipinski definition) is 2. The highest BCUT2D eigenvalue weighted by Crippen LogP contribution is 2.41. The Kier molecular flexibility index (Phi) is 5.79. The van der Waals surface area contributed by atoms with Crippen LogP contribution in [0.3, 0.4) is 0 Å². The molecular formula is C23H29N5O3. The molecule has 31 heavy (non-hydrogen) atoms. The Morgan fingerprint density at radius 1 is 1.19 bits per heavy atom. The van der Waals surface area contributed by atoms with Gasteiger partial charge in [-0.1, -0.05) is 0 Å². The van der Waals surface area contributed by atoms with E-state index in [4.69, 9.17) is 15.2 Å². The van der Waals surface area contributed by atoms with Gasteiger partial charge in [0.1, 0.15) is 11.8 Å². The molecule has 4 rings (SSSR count). The molecule has 1 aromatic carbocycles. The number of aromatic nitrogens is 1. The Hall–Kier alpha value is -3.18. The van der Waals surface area contributed by atoms with Gasteiger partial charge in [0.25, 0.3) is 0 Å². The lowest BCUT2D eigenvalue weighted by Gasteiger charge is -2.45. The number of anilines is 2. The van der Waals surface area contributed by atoms with Gasteiger partial charge in [0.15, 0.2) is 5.69 Å². The minimum absolute atomic E-state index is 0.101. The molecule has 8 heteroatoms. The summed E-state index contributed by atoms with van der Waals surface area (Å²) < 4.78 is 12.1. The van der Waals surface area contributed by atoms with Crippen LogP contribution in [0.1, 0.15) is 41.7 Å². The van der Waals surface area contributed by atoms with Gasteiger partial charge in [0.2, 0.25) is 0 Å². The summed E-state index contributed by atoms with van der Waals surface area (Å²) >= 11 is 0. The van der Waals surface area contributed by atoms with E-state index in [0.717, 1.165) is 31.9 Å². The van der Waals surface area contributed by atoms with E-state index < -0.39 is 5.97 Å². The largest absolute Gasteiger partial charge is 0.494 e. The Balaban J connectivity index is 1.63. The van der Waals surface area contributed by atoms with E-state index in [0.29, 0.717) is 16.9 Å². The fourth-order valence-corrected chi connectivity index (χ4v) is 4.86. The second-order valence-electron chi connectivity index (χ2n) is 8.37. The molecule has 1 spiro atoms. The van der Waals surface area contributed by atoms with Gasteiger partial charge >= 0.3 is 5.97 Å². The Morgan fingerprint density at radius 2 is 1.90 bits per heavy atom. The maximum atomic E-state index is 12.3. The lowest BCUT2D eigenvalue weighted by molar-refractivity contribution is 0.0593. The van der Waals surface area contributed by atoms with Crippen LogP contribution in [0.15, 0.2) is 24.4 Å². The normalized spacial score (nSPS) is 17.9. The summed E-state index contributed by atoms with van der Waals surface area (Å²) in [6.07, 6.45) is 6.46. The van der Waals surface area contributed by atoms with Gasteiger partial charge in [0, 0.05) is 31.0 Å². The maximum absolute atomic E-state index is 12.3. The molecule has 3 heterocycles. The fraction of sp³-hybridized carbons (Fsp3) is 0.478. The highest BCUT2D eigenvalue weighted by molar-refractivity contribution is 5.96. The van der Waals surface area contributed by atoms with Crippen LogP contribution in [0.5, 0.6) is 5.75 Å². The number of nitrogens with two attached hydrogens (primary N) is 1. The molecular weight excluding hydrogens is 394 g/mol. The lowest BCUT2D eigenvalue weighted by atomic mass is 9.71. The van der Waals surface area contributed by atoms with Crippen LogP contribution in [0.2, 0.25) is 0 Å². The molecule has 1 aromatic heterocycles. The second kappa shape index (κ2) is 8.52. The van der Waals surface area contributed by atoms with E-state index in [1.807, 2.05) is 24.3 Å². The van der Waals surface area contributed by atoms with Gasteiger partial charge in [-0.15, -0.1) is 0 Å². The van der Waals surface area contributed by atoms with Crippen molar-refractivity contribution in [1.82, 2.24) is 9.88 Å². The van der Waals surface area contributed by atoms with Crippen molar-refractivity contribution in [3.8, 4) is 17.5 Å². The Labute approximate surface area is 182 Å². The number of ether oxygens (including phenoxy) is 2. The number of nitriles is 1. The number of hydrogen-bond acceptors (Lipinski definition) is 7. The third kappa shape index (κ3) is 3.81. The van der Waals surface area contributed by atoms with Crippen molar-refractivity contribution in [2.45, 2.75) is 25.7 Å². The predicted octanol–water partition coefficient (Wildman–Crippen LogP) is 2.70. The first-order valence-electron chi connectivity index (χ1n) is 10.7. The first-order valence-corrected chi connectivity index (χ1v) is 10.7. The molecule has 0 amide bonds. The standard InChI is InChI=1S/C23H29N5O3/c1-30-19-13-17(27-11-7-23(8-12-27)5-9-26-10-6-23)3-4-18(19)28-15-16(14-24)20(25)21(28)22(29)31-2/h3-4,13,15,26H,5-12,25H2,1-2H3. The molecule has 0 atom stereocenters. The highest BCUT2D eigenvalue weighted by atomic mass is 16.5. The van der Waals surface area contributed by atoms with E-state index in [1.165, 1.54) is 32.8 Å². The molecule has 8 nitrogen and oxygen atoms in total. The van der Waals surface area contributed by atoms with Crippen LogP contribution >= 0.6 is 0 Å². The molecule has 2 aromatic rings. The number of carbonyl (C=O) groups excluding carboxylic acids is 1. The van der Waals surface area contributed by atoms with E-state index in [9.17, 15) is 10.1 Å². The van der Waals surface area contributed by atoms with Crippen LogP contribution in [0.4, 0.5) is 11.4 Å². The quantitative estimate of drug-likeness (QED) is 0.729. The summed E-state index contributed by atoms with van der Waals surface area (Å²) in [4.78, 5) is 14.7. The number of nitrogen functional groups attached to an aromatic ring is 1. The van der Waals surface area contributed by atoms with Gasteiger partial charge < -0.3 is 30.0 Å². The Morgan fingerprint density at radius 3 is 2.52 bits per heavy atom. The number of benzene rings is 1. The third-order valence-electron chi connectivity index (χ3n) is 6.82. The third-order valence-corrected chi connectivity index (χ3v) is 6.82. The average Bonchev–Trinajstić information content (AvgIpc) is 3.15. The number of nitrogens with zero attached hydrogens (tertiary/aromatic N) is 3. The minimum Gasteiger partial charge on any atom is -0.494 e. The minimum atomic E-state index is -0.603. The first kappa shape index (κ1) is 21.1. The van der Waals surface area contributed by atoms with Crippen LogP contribution in [0, 0.1) is 16.7 Å². The van der Waals surface area contributed by atoms with Crippen molar-refractivity contribution < 1.29 is 14.3 Å². The Bertz CT molecular complexity index is 1010. The summed E-state index contributed by atoms with van der Waals surface area (Å²) in [6.45, 7) is 4.28. The molecule has 2 saturated heterocycles. The van der Waals surface area contributed by atoms with E-state index in [-0.39, 0.29) is 16.9 Å². The van der Waals surface area contributed by atoms with Gasteiger partial charge in [-0.3, -0.25) is 0 Å². The van der Waals surface area contributed by atoms with Crippen LogP contribution in [0.25, 0.3) is 5.69 Å². The summed E-state index contributed by atoms with van der Waals surface area (Å²) in [5, 5.41) is 12.8. The number of methoxy groups -OCH3 is 2. The van der Waals surface area contributed by atoms with E-state index in [1.54, 1.807) is 17.9 Å². The van der Waals surface area contributed by atoms with Crippen LogP contribution < -0.4 is 20.7 Å². The SMILES string of the molecule is COC(=O)c1c(N)c(C#N)cn1-c1ccc(N2CCC3(CCNCC3)CC2)cc1OC. The van der Waals surface area contributed by atoms with Crippen LogP contribution in [-0.2, 0) is 4.74 Å². The number of carbonyl (C=O) groups is 1. The van der Waals surface area contributed by atoms with Gasteiger partial charge in [-0.2, -0.15) is 5.26 Å². The molecule has 0 aliphatic carbocycles. The zero-order valence-electron chi connectivity index (χ0n) is 18.1. The monoisotopic (exact) mass is 423 g/mol. The van der Waals surface area contributed by atoms with Crippen molar-refractivity contribution >= 4 is 17.3 Å². The molecule has 3 N–H and O–H groups in total. The van der Waals surface area contributed by atoms with Crippen molar-refractivity contribution in [3.05, 3.63) is 35.7 Å². The van der Waals surface area contributed by atoms with E-state index >= 15 is 0 Å². The van der Waals surface area contributed by atoms with Gasteiger partial charge in [-0.25, -0.2) is 4.79 Å². The topological polar surface area (TPSA) is 106 Å². The van der Waals surface area contributed by atoms with Crippen molar-refractivity contribution in [1.29, 1.82) is 5.26 Å². The summed E-state index contributed by atoms with van der Waals surface area (Å²) in [5.41, 5.74) is 8.68. The zero-order chi connectivity index (χ0) is 22.0. The number of rotatable bonds is 4. The molecule has 0 radical (unpaired) electrons. The van der Waals surface area contributed by atoms with Crippen LogP contribution in [-0.4, -0.2) is 50.9 Å². The predicted molar refractivity (Wildman–Crippen MR) is 119 cm³/mol. The first-order chi connectivity index (χ1) is 15.0. The highest BCUT2D eigenvalue weighted by Gasteiger charge is 2.35. The van der Waals surface area contributed by atoms with Crippen molar-refractivity contribution in [3.63, 3.8) is 0 Å². The van der Waals surface area contributed by atoms with Gasteiger partial charge in [-0.05, 0) is 56.3 Å². The molecule has 0 saturated carbocycles.